The van der Waals surface area contributed by atoms with Gasteiger partial charge in [-0.2, -0.15) is 0 Å². The van der Waals surface area contributed by atoms with E-state index in [1.54, 1.807) is 57.7 Å². The zero-order valence-corrected chi connectivity index (χ0v) is 20.8. The largest absolute Gasteiger partial charge is 0.508 e. The van der Waals surface area contributed by atoms with Crippen LogP contribution in [0.2, 0.25) is 0 Å². The van der Waals surface area contributed by atoms with Crippen molar-refractivity contribution in [2.75, 3.05) is 21.3 Å². The average Bonchev–Trinajstić information content (AvgIpc) is 2.89. The van der Waals surface area contributed by atoms with Crippen LogP contribution in [0.1, 0.15) is 16.7 Å². The Hall–Kier alpha value is -3.90. The number of hydrogen-bond donors (Lipinski definition) is 3. The Bertz CT molecular complexity index is 1280. The molecule has 0 heterocycles. The molecule has 1 aliphatic rings. The molecule has 2 atom stereocenters. The predicted octanol–water partition coefficient (Wildman–Crippen LogP) is 5.28. The molecular formula is C30H32O6. The summed E-state index contributed by atoms with van der Waals surface area (Å²) < 4.78 is 18.1. The molecule has 3 aromatic carbocycles. The summed E-state index contributed by atoms with van der Waals surface area (Å²) in [5.41, 5.74) is 1.96. The molecule has 6 nitrogen and oxygen atoms in total. The van der Waals surface area contributed by atoms with Gasteiger partial charge in [0.1, 0.15) is 34.4 Å². The van der Waals surface area contributed by atoms with E-state index in [1.165, 1.54) is 0 Å². The highest BCUT2D eigenvalue weighted by molar-refractivity contribution is 5.48. The SMILES string of the molecule is COC1=CC(Cc2ccccc2O)(OC)C(Cc2ccccc2O)=C(OC)C1Cc1ccccc1O. The first kappa shape index (κ1) is 25.2. The highest BCUT2D eigenvalue weighted by Gasteiger charge is 2.44. The second-order valence-corrected chi connectivity index (χ2v) is 8.89. The quantitative estimate of drug-likeness (QED) is 0.380. The molecular weight excluding hydrogens is 456 g/mol. The first-order chi connectivity index (χ1) is 17.4. The van der Waals surface area contributed by atoms with Crippen LogP contribution in [0.3, 0.4) is 0 Å². The van der Waals surface area contributed by atoms with Crippen molar-refractivity contribution in [1.82, 2.24) is 0 Å². The third-order valence-electron chi connectivity index (χ3n) is 6.88. The van der Waals surface area contributed by atoms with Gasteiger partial charge in [0, 0.05) is 25.5 Å². The van der Waals surface area contributed by atoms with Crippen LogP contribution in [-0.4, -0.2) is 42.3 Å². The van der Waals surface area contributed by atoms with Crippen molar-refractivity contribution in [2.24, 2.45) is 5.92 Å². The van der Waals surface area contributed by atoms with Gasteiger partial charge in [0.15, 0.2) is 0 Å². The molecule has 3 N–H and O–H groups in total. The Morgan fingerprint density at radius 2 is 1.22 bits per heavy atom. The maximum Gasteiger partial charge on any atom is 0.119 e. The number of para-hydroxylation sites is 3. The number of methoxy groups -OCH3 is 3. The molecule has 188 valence electrons. The van der Waals surface area contributed by atoms with E-state index in [2.05, 4.69) is 0 Å². The van der Waals surface area contributed by atoms with Crippen LogP contribution < -0.4 is 0 Å². The molecule has 6 heteroatoms. The van der Waals surface area contributed by atoms with Crippen LogP contribution in [-0.2, 0) is 33.5 Å². The molecule has 3 aromatic rings. The third-order valence-corrected chi connectivity index (χ3v) is 6.88. The Labute approximate surface area is 211 Å². The lowest BCUT2D eigenvalue weighted by molar-refractivity contribution is 0.0403. The van der Waals surface area contributed by atoms with Crippen molar-refractivity contribution < 1.29 is 29.5 Å². The summed E-state index contributed by atoms with van der Waals surface area (Å²) in [7, 11) is 4.83. The number of hydrogen-bond acceptors (Lipinski definition) is 6. The summed E-state index contributed by atoms with van der Waals surface area (Å²) in [5, 5.41) is 31.6. The van der Waals surface area contributed by atoms with Crippen LogP contribution >= 0.6 is 0 Å². The second-order valence-electron chi connectivity index (χ2n) is 8.89. The molecule has 0 spiro atoms. The summed E-state index contributed by atoms with van der Waals surface area (Å²) >= 11 is 0. The van der Waals surface area contributed by atoms with Crippen LogP contribution in [0.15, 0.2) is 96.0 Å². The fourth-order valence-electron chi connectivity index (χ4n) is 4.97. The molecule has 1 aliphatic carbocycles. The van der Waals surface area contributed by atoms with Crippen molar-refractivity contribution in [3.05, 3.63) is 113 Å². The molecule has 2 unspecified atom stereocenters. The summed E-state index contributed by atoms with van der Waals surface area (Å²) in [5.74, 6) is 1.47. The van der Waals surface area contributed by atoms with Gasteiger partial charge in [-0.15, -0.1) is 0 Å². The standard InChI is InChI=1S/C30H32O6/c1-34-28-19-30(36-3,18-22-12-6-9-15-27(22)33)24(17-21-11-5-8-14-26(21)32)29(35-2)23(28)16-20-10-4-7-13-25(20)31/h4-15,19,23,31-33H,16-18H2,1-3H3. The van der Waals surface area contributed by atoms with E-state index < -0.39 is 5.60 Å². The van der Waals surface area contributed by atoms with E-state index in [1.807, 2.05) is 42.5 Å². The normalized spacial score (nSPS) is 19.6. The third kappa shape index (κ3) is 4.90. The minimum absolute atomic E-state index is 0.165. The number of aromatic hydroxyl groups is 3. The number of rotatable bonds is 9. The van der Waals surface area contributed by atoms with Gasteiger partial charge >= 0.3 is 0 Å². The molecule has 4 rings (SSSR count). The topological polar surface area (TPSA) is 88.4 Å². The fourth-order valence-corrected chi connectivity index (χ4v) is 4.97. The molecule has 0 aromatic heterocycles. The minimum Gasteiger partial charge on any atom is -0.508 e. The lowest BCUT2D eigenvalue weighted by Gasteiger charge is -2.40. The van der Waals surface area contributed by atoms with Crippen LogP contribution in [0.25, 0.3) is 0 Å². The zero-order valence-electron chi connectivity index (χ0n) is 20.8. The maximum absolute atomic E-state index is 10.6. The summed E-state index contributed by atoms with van der Waals surface area (Å²) in [4.78, 5) is 0. The van der Waals surface area contributed by atoms with Gasteiger partial charge in [-0.25, -0.2) is 0 Å². The molecule has 0 saturated carbocycles. The van der Waals surface area contributed by atoms with Crippen molar-refractivity contribution in [1.29, 1.82) is 0 Å². The number of phenols is 3. The van der Waals surface area contributed by atoms with Gasteiger partial charge in [0.25, 0.3) is 0 Å². The molecule has 0 fully saturated rings. The molecule has 0 amide bonds. The highest BCUT2D eigenvalue weighted by atomic mass is 16.5. The molecule has 0 aliphatic heterocycles. The highest BCUT2D eigenvalue weighted by Crippen LogP contribution is 2.45. The van der Waals surface area contributed by atoms with Crippen LogP contribution in [0.5, 0.6) is 17.2 Å². The van der Waals surface area contributed by atoms with E-state index in [0.717, 1.165) is 16.7 Å². The van der Waals surface area contributed by atoms with E-state index in [4.69, 9.17) is 14.2 Å². The first-order valence-corrected chi connectivity index (χ1v) is 11.8. The van der Waals surface area contributed by atoms with Gasteiger partial charge in [-0.1, -0.05) is 54.6 Å². The second kappa shape index (κ2) is 10.8. The monoisotopic (exact) mass is 488 g/mol. The molecule has 0 bridgehead atoms. The summed E-state index contributed by atoms with van der Waals surface area (Å²) in [6, 6.07) is 21.5. The number of benzene rings is 3. The van der Waals surface area contributed by atoms with Crippen molar-refractivity contribution in [3.8, 4) is 17.2 Å². The number of ether oxygens (including phenoxy) is 3. The lowest BCUT2D eigenvalue weighted by Crippen LogP contribution is -2.41. The van der Waals surface area contributed by atoms with E-state index >= 15 is 0 Å². The zero-order chi connectivity index (χ0) is 25.7. The fraction of sp³-hybridized carbons (Fsp3) is 0.267. The van der Waals surface area contributed by atoms with Gasteiger partial charge in [-0.3, -0.25) is 0 Å². The van der Waals surface area contributed by atoms with Gasteiger partial charge < -0.3 is 29.5 Å². The molecule has 0 radical (unpaired) electrons. The molecule has 0 saturated heterocycles. The Kier molecular flexibility index (Phi) is 7.55. The smallest absolute Gasteiger partial charge is 0.119 e. The van der Waals surface area contributed by atoms with Crippen molar-refractivity contribution in [2.45, 2.75) is 24.9 Å². The van der Waals surface area contributed by atoms with E-state index in [0.29, 0.717) is 36.3 Å². The van der Waals surface area contributed by atoms with E-state index in [-0.39, 0.29) is 23.2 Å². The van der Waals surface area contributed by atoms with Gasteiger partial charge in [-0.05, 0) is 47.4 Å². The van der Waals surface area contributed by atoms with Crippen LogP contribution in [0, 0.1) is 5.92 Å². The maximum atomic E-state index is 10.6. The van der Waals surface area contributed by atoms with Gasteiger partial charge in [0.05, 0.1) is 20.1 Å². The first-order valence-electron chi connectivity index (χ1n) is 11.8. The Morgan fingerprint density at radius 1 is 0.694 bits per heavy atom. The van der Waals surface area contributed by atoms with Crippen molar-refractivity contribution in [3.63, 3.8) is 0 Å². The van der Waals surface area contributed by atoms with Crippen molar-refractivity contribution >= 4 is 0 Å². The average molecular weight is 489 g/mol. The van der Waals surface area contributed by atoms with E-state index in [9.17, 15) is 15.3 Å². The minimum atomic E-state index is -1.02. The summed E-state index contributed by atoms with van der Waals surface area (Å²) in [6.45, 7) is 0. The number of phenolic OH excluding ortho intramolecular Hbond substituents is 3. The Morgan fingerprint density at radius 3 is 1.72 bits per heavy atom. The summed E-state index contributed by atoms with van der Waals surface area (Å²) in [6.07, 6.45) is 3.04. The lowest BCUT2D eigenvalue weighted by atomic mass is 9.74. The molecule has 36 heavy (non-hydrogen) atoms. The Balaban J connectivity index is 1.90. The van der Waals surface area contributed by atoms with Gasteiger partial charge in [0.2, 0.25) is 0 Å². The predicted molar refractivity (Wildman–Crippen MR) is 138 cm³/mol. The van der Waals surface area contributed by atoms with Crippen LogP contribution in [0.4, 0.5) is 0 Å².